The highest BCUT2D eigenvalue weighted by Crippen LogP contribution is 2.25. The Bertz CT molecular complexity index is 1180. The number of rotatable bonds is 4. The Morgan fingerprint density at radius 3 is 2.63 bits per heavy atom. The van der Waals surface area contributed by atoms with Gasteiger partial charge in [-0.25, -0.2) is 4.98 Å². The lowest BCUT2D eigenvalue weighted by atomic mass is 10.1. The van der Waals surface area contributed by atoms with Crippen molar-refractivity contribution in [3.63, 3.8) is 0 Å². The maximum Gasteiger partial charge on any atom is 0.258 e. The Kier molecular flexibility index (Phi) is 4.49. The fraction of sp³-hybridized carbons (Fsp3) is 0.211. The summed E-state index contributed by atoms with van der Waals surface area (Å²) in [6.07, 6.45) is 1.79. The van der Waals surface area contributed by atoms with E-state index in [0.717, 1.165) is 22.4 Å². The molecule has 0 aliphatic heterocycles. The van der Waals surface area contributed by atoms with Crippen LogP contribution in [0.15, 0.2) is 52.5 Å². The Balaban J connectivity index is 1.64. The number of hydrogen-bond acceptors (Lipinski definition) is 6. The topological polar surface area (TPSA) is 78.0 Å². The van der Waals surface area contributed by atoms with Crippen molar-refractivity contribution in [2.45, 2.75) is 31.7 Å². The number of pyridine rings is 1. The van der Waals surface area contributed by atoms with Crippen molar-refractivity contribution in [3.8, 4) is 5.69 Å². The van der Waals surface area contributed by atoms with Gasteiger partial charge < -0.3 is 0 Å². The second-order valence-corrected chi connectivity index (χ2v) is 7.37. The quantitative estimate of drug-likeness (QED) is 0.508. The van der Waals surface area contributed by atoms with Gasteiger partial charge in [0.05, 0.1) is 11.4 Å². The van der Waals surface area contributed by atoms with Crippen LogP contribution in [0.1, 0.15) is 22.4 Å². The van der Waals surface area contributed by atoms with Crippen LogP contribution in [0.2, 0.25) is 0 Å². The van der Waals surface area contributed by atoms with E-state index in [1.165, 1.54) is 11.8 Å². The zero-order chi connectivity index (χ0) is 19.0. The van der Waals surface area contributed by atoms with Crippen LogP contribution >= 0.6 is 11.8 Å². The van der Waals surface area contributed by atoms with Crippen molar-refractivity contribution in [2.24, 2.45) is 0 Å². The molecular weight excluding hydrogens is 360 g/mol. The molecule has 4 aromatic rings. The Morgan fingerprint density at radius 1 is 1.07 bits per heavy atom. The molecule has 1 aromatic carbocycles. The second-order valence-electron chi connectivity index (χ2n) is 6.42. The third-order valence-electron chi connectivity index (χ3n) is 4.30. The normalized spacial score (nSPS) is 11.2. The molecule has 7 nitrogen and oxygen atoms in total. The number of nitrogens with zero attached hydrogens (tertiary/aromatic N) is 6. The Labute approximate surface area is 160 Å². The average Bonchev–Trinajstić information content (AvgIpc) is 3.09. The number of aromatic nitrogens is 6. The SMILES string of the molecule is Cc1ccc2nc(CSc3nnnn3-c3c(C)cccc3C)cc(=O)n2c1. The summed E-state index contributed by atoms with van der Waals surface area (Å²) in [4.78, 5) is 16.9. The predicted molar refractivity (Wildman–Crippen MR) is 104 cm³/mol. The Hall–Kier alpha value is -3.00. The summed E-state index contributed by atoms with van der Waals surface area (Å²) in [5.41, 5.74) is 5.44. The van der Waals surface area contributed by atoms with Gasteiger partial charge in [-0.15, -0.1) is 5.10 Å². The van der Waals surface area contributed by atoms with E-state index in [4.69, 9.17) is 0 Å². The maximum atomic E-state index is 12.4. The lowest BCUT2D eigenvalue weighted by Crippen LogP contribution is -2.15. The van der Waals surface area contributed by atoms with E-state index in [2.05, 4.69) is 20.5 Å². The van der Waals surface area contributed by atoms with Gasteiger partial charge in [0.1, 0.15) is 5.65 Å². The lowest BCUT2D eigenvalue weighted by molar-refractivity contribution is 0.747. The molecule has 0 spiro atoms. The van der Waals surface area contributed by atoms with E-state index < -0.39 is 0 Å². The molecule has 0 aliphatic rings. The minimum Gasteiger partial charge on any atom is -0.269 e. The van der Waals surface area contributed by atoms with Crippen molar-refractivity contribution in [3.05, 3.63) is 75.3 Å². The molecule has 0 aliphatic carbocycles. The molecule has 0 amide bonds. The van der Waals surface area contributed by atoms with E-state index in [1.807, 2.05) is 51.1 Å². The van der Waals surface area contributed by atoms with Crippen LogP contribution in [-0.2, 0) is 5.75 Å². The third-order valence-corrected chi connectivity index (χ3v) is 5.25. The fourth-order valence-corrected chi connectivity index (χ4v) is 3.79. The van der Waals surface area contributed by atoms with E-state index in [1.54, 1.807) is 21.3 Å². The fourth-order valence-electron chi connectivity index (χ4n) is 3.02. The molecule has 0 unspecified atom stereocenters. The molecule has 0 bridgehead atoms. The van der Waals surface area contributed by atoms with Gasteiger partial charge in [0.25, 0.3) is 5.56 Å². The van der Waals surface area contributed by atoms with Crippen molar-refractivity contribution in [1.82, 2.24) is 29.6 Å². The second kappa shape index (κ2) is 6.96. The number of tetrazole rings is 1. The highest BCUT2D eigenvalue weighted by molar-refractivity contribution is 7.98. The molecular formula is C19H18N6OS. The molecule has 0 saturated carbocycles. The largest absolute Gasteiger partial charge is 0.269 e. The molecule has 0 saturated heterocycles. The zero-order valence-corrected chi connectivity index (χ0v) is 16.1. The molecule has 0 N–H and O–H groups in total. The molecule has 136 valence electrons. The van der Waals surface area contributed by atoms with E-state index >= 15 is 0 Å². The minimum atomic E-state index is -0.0892. The minimum absolute atomic E-state index is 0.0892. The first-order valence-corrected chi connectivity index (χ1v) is 9.48. The Morgan fingerprint density at radius 2 is 1.85 bits per heavy atom. The molecule has 27 heavy (non-hydrogen) atoms. The zero-order valence-electron chi connectivity index (χ0n) is 15.2. The summed E-state index contributed by atoms with van der Waals surface area (Å²) in [6, 6.07) is 11.4. The summed E-state index contributed by atoms with van der Waals surface area (Å²) >= 11 is 1.46. The van der Waals surface area contributed by atoms with Gasteiger partial charge in [-0.1, -0.05) is 36.0 Å². The van der Waals surface area contributed by atoms with Crippen LogP contribution in [0.4, 0.5) is 0 Å². The van der Waals surface area contributed by atoms with E-state index in [9.17, 15) is 4.79 Å². The van der Waals surface area contributed by atoms with Crippen molar-refractivity contribution in [2.75, 3.05) is 0 Å². The van der Waals surface area contributed by atoms with Gasteiger partial charge >= 0.3 is 0 Å². The number of thioether (sulfide) groups is 1. The highest BCUT2D eigenvalue weighted by Gasteiger charge is 2.14. The van der Waals surface area contributed by atoms with Gasteiger partial charge in [0, 0.05) is 18.0 Å². The molecule has 8 heteroatoms. The summed E-state index contributed by atoms with van der Waals surface area (Å²) in [7, 11) is 0. The van der Waals surface area contributed by atoms with Crippen LogP contribution in [0.3, 0.4) is 0 Å². The molecule has 0 atom stereocenters. The average molecular weight is 378 g/mol. The van der Waals surface area contributed by atoms with Crippen LogP contribution in [0, 0.1) is 20.8 Å². The molecule has 4 rings (SSSR count). The predicted octanol–water partition coefficient (Wildman–Crippen LogP) is 2.89. The van der Waals surface area contributed by atoms with Gasteiger partial charge in [-0.3, -0.25) is 9.20 Å². The van der Waals surface area contributed by atoms with Crippen LogP contribution in [0.5, 0.6) is 0 Å². The van der Waals surface area contributed by atoms with E-state index in [-0.39, 0.29) is 5.56 Å². The standard InChI is InChI=1S/C19H18N6OS/c1-12-7-8-16-20-15(9-17(26)24(16)10-12)11-27-19-21-22-23-25(19)18-13(2)5-4-6-14(18)3/h4-10H,11H2,1-3H3. The summed E-state index contributed by atoms with van der Waals surface area (Å²) in [6.45, 7) is 6.02. The highest BCUT2D eigenvalue weighted by atomic mass is 32.2. The molecule has 0 radical (unpaired) electrons. The molecule has 3 aromatic heterocycles. The van der Waals surface area contributed by atoms with E-state index in [0.29, 0.717) is 22.3 Å². The van der Waals surface area contributed by atoms with Gasteiger partial charge in [0.15, 0.2) is 0 Å². The first kappa shape index (κ1) is 17.4. The maximum absolute atomic E-state index is 12.4. The number of hydrogen-bond donors (Lipinski definition) is 0. The molecule has 0 fully saturated rings. The first-order valence-electron chi connectivity index (χ1n) is 8.49. The van der Waals surface area contributed by atoms with Crippen LogP contribution < -0.4 is 5.56 Å². The summed E-state index contributed by atoms with van der Waals surface area (Å²) < 4.78 is 3.30. The number of para-hydroxylation sites is 1. The number of aryl methyl sites for hydroxylation is 3. The van der Waals surface area contributed by atoms with Gasteiger partial charge in [-0.05, 0) is 54.0 Å². The number of benzene rings is 1. The monoisotopic (exact) mass is 378 g/mol. The lowest BCUT2D eigenvalue weighted by Gasteiger charge is -2.10. The summed E-state index contributed by atoms with van der Waals surface area (Å²) in [5.74, 6) is 0.505. The smallest absolute Gasteiger partial charge is 0.258 e. The summed E-state index contributed by atoms with van der Waals surface area (Å²) in [5, 5.41) is 12.8. The van der Waals surface area contributed by atoms with Crippen LogP contribution in [-0.4, -0.2) is 29.6 Å². The molecule has 3 heterocycles. The van der Waals surface area contributed by atoms with Gasteiger partial charge in [0.2, 0.25) is 5.16 Å². The first-order chi connectivity index (χ1) is 13.0. The van der Waals surface area contributed by atoms with Crippen molar-refractivity contribution >= 4 is 17.4 Å². The van der Waals surface area contributed by atoms with Gasteiger partial charge in [-0.2, -0.15) is 4.68 Å². The van der Waals surface area contributed by atoms with Crippen LogP contribution in [0.25, 0.3) is 11.3 Å². The number of fused-ring (bicyclic) bond motifs is 1. The third kappa shape index (κ3) is 3.35. The van der Waals surface area contributed by atoms with Crippen molar-refractivity contribution in [1.29, 1.82) is 0 Å². The van der Waals surface area contributed by atoms with Crippen molar-refractivity contribution < 1.29 is 0 Å².